The number of amides is 1. The van der Waals surface area contributed by atoms with E-state index < -0.39 is 16.8 Å². The van der Waals surface area contributed by atoms with E-state index in [0.717, 1.165) is 32.1 Å². The number of aromatic nitrogens is 2. The molecule has 1 heterocycles. The summed E-state index contributed by atoms with van der Waals surface area (Å²) in [5, 5.41) is 35.3. The molecule has 17 nitrogen and oxygen atoms in total. The van der Waals surface area contributed by atoms with Crippen LogP contribution in [-0.2, 0) is 35.0 Å². The number of nitro benzene ring substituents is 1. The largest absolute Gasteiger partial charge is 0.481 e. The highest BCUT2D eigenvalue weighted by Gasteiger charge is 2.60. The van der Waals surface area contributed by atoms with E-state index in [0.29, 0.717) is 73.9 Å². The van der Waals surface area contributed by atoms with E-state index in [1.807, 2.05) is 0 Å². The molecule has 6 rings (SSSR count). The van der Waals surface area contributed by atoms with Gasteiger partial charge in [-0.05, 0) is 144 Å². The summed E-state index contributed by atoms with van der Waals surface area (Å²) in [6, 6.07) is 2.74. The fraction of sp³-hybridized carbons (Fsp3) is 0.780. The molecule has 17 heteroatoms. The molecule has 318 valence electrons. The van der Waals surface area contributed by atoms with Crippen LogP contribution in [0.15, 0.2) is 21.9 Å². The summed E-state index contributed by atoms with van der Waals surface area (Å²) in [6.07, 6.45) is 10.8. The number of fused-ring (bicyclic) bond motifs is 6. The molecule has 0 radical (unpaired) electrons. The lowest BCUT2D eigenvalue weighted by atomic mass is 9.44. The minimum Gasteiger partial charge on any atom is -0.481 e. The number of azide groups is 1. The maximum atomic E-state index is 13.7. The summed E-state index contributed by atoms with van der Waals surface area (Å²) < 4.78 is 21.0. The Balaban J connectivity index is 0.977. The zero-order valence-electron chi connectivity index (χ0n) is 34.0. The number of non-ortho nitro benzene ring substituents is 1. The lowest BCUT2D eigenvalue weighted by Crippen LogP contribution is -2.56. The molecule has 4 unspecified atom stereocenters. The fourth-order valence-corrected chi connectivity index (χ4v) is 11.9. The van der Waals surface area contributed by atoms with E-state index in [2.05, 4.69) is 46.4 Å². The lowest BCUT2D eigenvalue weighted by Gasteiger charge is -2.61. The van der Waals surface area contributed by atoms with Crippen LogP contribution in [0.2, 0.25) is 0 Å². The predicted octanol–water partition coefficient (Wildman–Crippen LogP) is 7.21. The molecular weight excluding hydrogens is 750 g/mol. The highest BCUT2D eigenvalue weighted by Crippen LogP contribution is 2.68. The number of benzene rings is 1. The quantitative estimate of drug-likeness (QED) is 0.0256. The first-order valence-electron chi connectivity index (χ1n) is 21.1. The molecule has 0 saturated heterocycles. The molecule has 4 saturated carbocycles. The summed E-state index contributed by atoms with van der Waals surface area (Å²) in [5.74, 6) is 0.958. The Bertz CT molecular complexity index is 1830. The van der Waals surface area contributed by atoms with E-state index in [1.54, 1.807) is 0 Å². The van der Waals surface area contributed by atoms with Gasteiger partial charge in [-0.15, -0.1) is 0 Å². The van der Waals surface area contributed by atoms with Crippen molar-refractivity contribution in [2.24, 2.45) is 57.4 Å². The minimum absolute atomic E-state index is 0.0259. The monoisotopic (exact) mass is 809 g/mol. The average molecular weight is 810 g/mol. The zero-order chi connectivity index (χ0) is 41.5. The van der Waals surface area contributed by atoms with Gasteiger partial charge < -0.3 is 24.6 Å². The first kappa shape index (κ1) is 43.2. The Morgan fingerprint density at radius 1 is 1.02 bits per heavy atom. The van der Waals surface area contributed by atoms with E-state index in [-0.39, 0.29) is 71.5 Å². The smallest absolute Gasteiger partial charge is 0.305 e. The number of aliphatic carboxylic acids is 1. The van der Waals surface area contributed by atoms with Crippen molar-refractivity contribution in [3.8, 4) is 0 Å². The Kier molecular flexibility index (Phi) is 14.3. The van der Waals surface area contributed by atoms with Gasteiger partial charge in [0.2, 0.25) is 11.4 Å². The maximum Gasteiger partial charge on any atom is 0.305 e. The van der Waals surface area contributed by atoms with Crippen molar-refractivity contribution >= 4 is 34.6 Å². The molecule has 58 heavy (non-hydrogen) atoms. The molecule has 1 amide bonds. The van der Waals surface area contributed by atoms with E-state index in [1.165, 1.54) is 44.2 Å². The van der Waals surface area contributed by atoms with E-state index >= 15 is 0 Å². The number of rotatable bonds is 20. The summed E-state index contributed by atoms with van der Waals surface area (Å²) in [4.78, 5) is 51.8. The standard InChI is InChI=1S/C41H59N7O10/c1-25(4-11-36(51)57-21-20-56-19-18-55-17-16-43-47-42)31-8-9-32-30-7-6-28-24-29(12-14-40(28,2)33(30)13-15-41(31,32)3)44-39(52)27(23-35(49)50)22-26-5-10-34(48(53)54)38-37(26)45-58-46-38/h5,10,25,27-33H,4,6-9,11-24H2,1-3H3,(H,44,52)(H,49,50)/t25-,27+,28-,29-,30?,31?,32?,33?,40+,41-/m1/s1. The van der Waals surface area contributed by atoms with Crippen molar-refractivity contribution in [3.05, 3.63) is 38.3 Å². The lowest BCUT2D eigenvalue weighted by molar-refractivity contribution is -0.383. The highest BCUT2D eigenvalue weighted by atomic mass is 16.6. The zero-order valence-corrected chi connectivity index (χ0v) is 34.0. The molecule has 1 aromatic heterocycles. The van der Waals surface area contributed by atoms with Gasteiger partial charge in [-0.25, -0.2) is 4.63 Å². The predicted molar refractivity (Wildman–Crippen MR) is 210 cm³/mol. The molecular formula is C41H59N7O10. The van der Waals surface area contributed by atoms with Crippen molar-refractivity contribution in [2.45, 2.75) is 110 Å². The van der Waals surface area contributed by atoms with E-state index in [4.69, 9.17) is 24.4 Å². The number of carboxylic acids is 1. The molecule has 4 aliphatic carbocycles. The molecule has 4 aliphatic rings. The van der Waals surface area contributed by atoms with Gasteiger partial charge in [0.25, 0.3) is 0 Å². The van der Waals surface area contributed by atoms with Gasteiger partial charge in [0.05, 0.1) is 43.7 Å². The first-order chi connectivity index (χ1) is 27.9. The Hall–Kier alpha value is -4.34. The average Bonchev–Trinajstić information content (AvgIpc) is 3.83. The molecule has 10 atom stereocenters. The van der Waals surface area contributed by atoms with Crippen LogP contribution >= 0.6 is 0 Å². The number of hydrogen-bond donors (Lipinski definition) is 2. The van der Waals surface area contributed by atoms with Gasteiger partial charge in [-0.2, -0.15) is 0 Å². The van der Waals surface area contributed by atoms with Crippen molar-refractivity contribution in [1.29, 1.82) is 0 Å². The molecule has 0 spiro atoms. The maximum absolute atomic E-state index is 13.7. The van der Waals surface area contributed by atoms with Gasteiger partial charge in [-0.1, -0.05) is 25.9 Å². The highest BCUT2D eigenvalue weighted by molar-refractivity contribution is 5.88. The van der Waals surface area contributed by atoms with Crippen LogP contribution in [0.25, 0.3) is 21.5 Å². The number of carboxylic acid groups (broad SMARTS) is 1. The fourth-order valence-electron chi connectivity index (χ4n) is 11.9. The number of carbonyl (C=O) groups is 3. The molecule has 1 aromatic carbocycles. The number of nitro groups is 1. The van der Waals surface area contributed by atoms with Gasteiger partial charge >= 0.3 is 17.6 Å². The first-order valence-corrected chi connectivity index (χ1v) is 21.1. The molecule has 0 aliphatic heterocycles. The van der Waals surface area contributed by atoms with Crippen LogP contribution < -0.4 is 5.32 Å². The van der Waals surface area contributed by atoms with Gasteiger partial charge in [0, 0.05) is 30.0 Å². The van der Waals surface area contributed by atoms with Crippen molar-refractivity contribution in [3.63, 3.8) is 0 Å². The molecule has 4 fully saturated rings. The Morgan fingerprint density at radius 2 is 1.74 bits per heavy atom. The molecule has 2 aromatic rings. The third-order valence-corrected chi connectivity index (χ3v) is 14.8. The summed E-state index contributed by atoms with van der Waals surface area (Å²) in [6.45, 7) is 9.25. The van der Waals surface area contributed by atoms with Crippen molar-refractivity contribution < 1.29 is 43.3 Å². The number of carbonyl (C=O) groups excluding carboxylic acids is 2. The molecule has 2 N–H and O–H groups in total. The number of ether oxygens (including phenoxy) is 3. The van der Waals surface area contributed by atoms with Gasteiger partial charge in [0.15, 0.2) is 0 Å². The summed E-state index contributed by atoms with van der Waals surface area (Å²) in [5.41, 5.74) is 9.06. The van der Waals surface area contributed by atoms with Crippen molar-refractivity contribution in [2.75, 3.05) is 39.6 Å². The number of esters is 1. The third kappa shape index (κ3) is 9.58. The molecule has 0 bridgehead atoms. The Morgan fingerprint density at radius 3 is 2.50 bits per heavy atom. The van der Waals surface area contributed by atoms with Crippen LogP contribution in [0, 0.1) is 62.4 Å². The van der Waals surface area contributed by atoms with Crippen LogP contribution in [-0.4, -0.2) is 83.8 Å². The van der Waals surface area contributed by atoms with Crippen LogP contribution in [0.4, 0.5) is 5.69 Å². The SMILES string of the molecule is C[C@H](CCC(=O)OCCOCCOCCN=[N+]=[N-])C1CCC2C3CC[C@@H]4C[C@H](NC(=O)[C@H](CC(=O)O)Cc5ccc([N+](=O)[O-])c6nonc56)CC[C@]4(C)C3CC[C@@]21C. The minimum atomic E-state index is -1.10. The number of nitrogens with zero attached hydrogens (tertiary/aromatic N) is 6. The summed E-state index contributed by atoms with van der Waals surface area (Å²) >= 11 is 0. The normalized spacial score (nSPS) is 29.9. The Labute approximate surface area is 338 Å². The van der Waals surface area contributed by atoms with Crippen LogP contribution in [0.5, 0.6) is 0 Å². The van der Waals surface area contributed by atoms with E-state index in [9.17, 15) is 29.6 Å². The number of nitrogens with one attached hydrogen (secondary N) is 1. The van der Waals surface area contributed by atoms with Crippen molar-refractivity contribution in [1.82, 2.24) is 15.6 Å². The topological polar surface area (TPSA) is 242 Å². The van der Waals surface area contributed by atoms with Gasteiger partial charge in [0.1, 0.15) is 12.1 Å². The third-order valence-electron chi connectivity index (χ3n) is 14.8. The second-order valence-corrected chi connectivity index (χ2v) is 17.7. The van der Waals surface area contributed by atoms with Gasteiger partial charge in [-0.3, -0.25) is 24.5 Å². The summed E-state index contributed by atoms with van der Waals surface area (Å²) in [7, 11) is 0. The number of hydrogen-bond acceptors (Lipinski definition) is 12. The second kappa shape index (κ2) is 19.2. The van der Waals surface area contributed by atoms with Crippen LogP contribution in [0.1, 0.15) is 103 Å². The van der Waals surface area contributed by atoms with Crippen LogP contribution in [0.3, 0.4) is 0 Å². The second-order valence-electron chi connectivity index (χ2n) is 17.7.